The van der Waals surface area contributed by atoms with Crippen molar-refractivity contribution in [1.29, 1.82) is 0 Å². The van der Waals surface area contributed by atoms with Gasteiger partial charge in [-0.05, 0) is 28.1 Å². The summed E-state index contributed by atoms with van der Waals surface area (Å²) in [4.78, 5) is 23.0. The van der Waals surface area contributed by atoms with Crippen molar-refractivity contribution in [2.24, 2.45) is 0 Å². The fourth-order valence-corrected chi connectivity index (χ4v) is 1.41. The van der Waals surface area contributed by atoms with Crippen LogP contribution in [0.4, 0.5) is 4.39 Å². The third-order valence-corrected chi connectivity index (χ3v) is 2.32. The minimum Gasteiger partial charge on any atom is -0.273 e. The van der Waals surface area contributed by atoms with Gasteiger partial charge >= 0.3 is 0 Å². The second-order valence-electron chi connectivity index (χ2n) is 3.91. The Bertz CT molecular complexity index is 583. The summed E-state index contributed by atoms with van der Waals surface area (Å²) in [5.41, 5.74) is 5.10. The van der Waals surface area contributed by atoms with Gasteiger partial charge < -0.3 is 0 Å². The summed E-state index contributed by atoms with van der Waals surface area (Å²) in [7, 11) is 0. The molecule has 1 aromatic carbocycles. The number of amides is 2. The lowest BCUT2D eigenvalue weighted by Gasteiger charge is -2.07. The molecular formula is C11H11FN6O2. The summed E-state index contributed by atoms with van der Waals surface area (Å²) in [5.74, 6) is -1.25. The van der Waals surface area contributed by atoms with Gasteiger partial charge in [0.25, 0.3) is 5.91 Å². The fraction of sp³-hybridized carbons (Fsp3) is 0.182. The molecular weight excluding hydrogens is 267 g/mol. The van der Waals surface area contributed by atoms with E-state index in [-0.39, 0.29) is 18.8 Å². The average molecular weight is 278 g/mol. The van der Waals surface area contributed by atoms with Gasteiger partial charge in [0.2, 0.25) is 5.91 Å². The maximum Gasteiger partial charge on any atom is 0.260 e. The smallest absolute Gasteiger partial charge is 0.260 e. The van der Waals surface area contributed by atoms with Crippen molar-refractivity contribution in [1.82, 2.24) is 31.1 Å². The van der Waals surface area contributed by atoms with Crippen LogP contribution in [-0.4, -0.2) is 32.0 Å². The highest BCUT2D eigenvalue weighted by Crippen LogP contribution is 2.02. The molecule has 0 atom stereocenters. The molecule has 1 heterocycles. The van der Waals surface area contributed by atoms with Crippen molar-refractivity contribution < 1.29 is 14.0 Å². The molecule has 20 heavy (non-hydrogen) atoms. The highest BCUT2D eigenvalue weighted by molar-refractivity contribution is 5.83. The van der Waals surface area contributed by atoms with Gasteiger partial charge in [-0.3, -0.25) is 20.4 Å². The number of hydrogen-bond acceptors (Lipinski definition) is 5. The molecule has 0 aliphatic heterocycles. The molecule has 2 amide bonds. The Hall–Kier alpha value is -2.84. The van der Waals surface area contributed by atoms with Gasteiger partial charge in [-0.1, -0.05) is 12.1 Å². The molecule has 8 nitrogen and oxygen atoms in total. The van der Waals surface area contributed by atoms with E-state index in [2.05, 4.69) is 26.4 Å². The van der Waals surface area contributed by atoms with E-state index < -0.39 is 11.8 Å². The average Bonchev–Trinajstić information content (AvgIpc) is 2.92. The molecule has 0 aliphatic carbocycles. The number of rotatable bonds is 4. The molecule has 0 radical (unpaired) electrons. The topological polar surface area (TPSA) is 102 Å². The van der Waals surface area contributed by atoms with Crippen LogP contribution in [0.25, 0.3) is 0 Å². The zero-order valence-electron chi connectivity index (χ0n) is 10.3. The monoisotopic (exact) mass is 278 g/mol. The summed E-state index contributed by atoms with van der Waals surface area (Å²) in [5, 5.41) is 10.2. The summed E-state index contributed by atoms with van der Waals surface area (Å²) < 4.78 is 13.9. The number of hydrogen-bond donors (Lipinski definition) is 2. The van der Waals surface area contributed by atoms with Gasteiger partial charge in [-0.25, -0.2) is 9.07 Å². The molecule has 0 spiro atoms. The Balaban J connectivity index is 1.74. The van der Waals surface area contributed by atoms with Crippen molar-refractivity contribution in [3.05, 3.63) is 42.0 Å². The van der Waals surface area contributed by atoms with Gasteiger partial charge in [-0.15, -0.1) is 5.10 Å². The second-order valence-corrected chi connectivity index (χ2v) is 3.91. The Kier molecular flexibility index (Phi) is 4.32. The van der Waals surface area contributed by atoms with Crippen molar-refractivity contribution in [2.45, 2.75) is 13.0 Å². The number of tetrazole rings is 1. The van der Waals surface area contributed by atoms with Gasteiger partial charge in [0, 0.05) is 0 Å². The lowest BCUT2D eigenvalue weighted by atomic mass is 10.1. The van der Waals surface area contributed by atoms with E-state index in [0.717, 1.165) is 0 Å². The number of nitrogens with zero attached hydrogens (tertiary/aromatic N) is 4. The van der Waals surface area contributed by atoms with E-state index >= 15 is 0 Å². The Morgan fingerprint density at radius 3 is 2.50 bits per heavy atom. The number of carbonyl (C=O) groups is 2. The van der Waals surface area contributed by atoms with Crippen molar-refractivity contribution >= 4 is 11.8 Å². The van der Waals surface area contributed by atoms with E-state index in [1.165, 1.54) is 35.3 Å². The number of hydrazine groups is 1. The maximum atomic E-state index is 12.7. The second kappa shape index (κ2) is 6.36. The van der Waals surface area contributed by atoms with Gasteiger partial charge in [0.05, 0.1) is 6.42 Å². The number of benzene rings is 1. The van der Waals surface area contributed by atoms with E-state index in [0.29, 0.717) is 5.56 Å². The van der Waals surface area contributed by atoms with Gasteiger partial charge in [-0.2, -0.15) is 0 Å². The number of halogens is 1. The molecule has 2 N–H and O–H groups in total. The van der Waals surface area contributed by atoms with Crippen LogP contribution < -0.4 is 10.9 Å². The summed E-state index contributed by atoms with van der Waals surface area (Å²) in [6, 6.07) is 5.52. The van der Waals surface area contributed by atoms with Crippen LogP contribution in [0.3, 0.4) is 0 Å². The first-order valence-electron chi connectivity index (χ1n) is 5.66. The highest BCUT2D eigenvalue weighted by Gasteiger charge is 2.07. The van der Waals surface area contributed by atoms with Crippen molar-refractivity contribution in [3.8, 4) is 0 Å². The minimum absolute atomic E-state index is 0.0332. The predicted molar refractivity (Wildman–Crippen MR) is 64.2 cm³/mol. The van der Waals surface area contributed by atoms with E-state index in [9.17, 15) is 14.0 Å². The Morgan fingerprint density at radius 1 is 1.15 bits per heavy atom. The molecule has 2 aromatic rings. The molecule has 0 saturated carbocycles. The van der Waals surface area contributed by atoms with Crippen LogP contribution in [0.2, 0.25) is 0 Å². The predicted octanol–water partition coefficient (Wildman–Crippen LogP) is -0.798. The standard InChI is InChI=1S/C11H11FN6O2/c12-9-3-1-8(2-4-9)5-10(19)14-15-11(20)6-18-7-13-16-17-18/h1-4,7H,5-6H2,(H,14,19)(H,15,20). The maximum absolute atomic E-state index is 12.7. The molecule has 0 bridgehead atoms. The number of aromatic nitrogens is 4. The van der Waals surface area contributed by atoms with E-state index in [1.54, 1.807) is 0 Å². The quantitative estimate of drug-likeness (QED) is 0.713. The zero-order chi connectivity index (χ0) is 14.4. The van der Waals surface area contributed by atoms with Crippen molar-refractivity contribution in [2.75, 3.05) is 0 Å². The normalized spacial score (nSPS) is 10.1. The van der Waals surface area contributed by atoms with Crippen LogP contribution in [0.1, 0.15) is 5.56 Å². The molecule has 104 valence electrons. The first-order chi connectivity index (χ1) is 9.63. The summed E-state index contributed by atoms with van der Waals surface area (Å²) in [6.45, 7) is -0.107. The fourth-order valence-electron chi connectivity index (χ4n) is 1.41. The van der Waals surface area contributed by atoms with E-state index in [1.807, 2.05) is 0 Å². The van der Waals surface area contributed by atoms with Crippen LogP contribution in [-0.2, 0) is 22.6 Å². The molecule has 1 aromatic heterocycles. The lowest BCUT2D eigenvalue weighted by Crippen LogP contribution is -2.43. The third kappa shape index (κ3) is 4.12. The van der Waals surface area contributed by atoms with Crippen LogP contribution in [0.5, 0.6) is 0 Å². The van der Waals surface area contributed by atoms with Gasteiger partial charge in [0.15, 0.2) is 0 Å². The number of nitrogens with one attached hydrogen (secondary N) is 2. The molecule has 0 unspecified atom stereocenters. The lowest BCUT2D eigenvalue weighted by molar-refractivity contribution is -0.129. The van der Waals surface area contributed by atoms with Gasteiger partial charge in [0.1, 0.15) is 18.7 Å². The van der Waals surface area contributed by atoms with Crippen LogP contribution in [0, 0.1) is 5.82 Å². The zero-order valence-corrected chi connectivity index (χ0v) is 10.3. The molecule has 0 fully saturated rings. The number of carbonyl (C=O) groups excluding carboxylic acids is 2. The molecule has 0 aliphatic rings. The first-order valence-corrected chi connectivity index (χ1v) is 5.66. The highest BCUT2D eigenvalue weighted by atomic mass is 19.1. The van der Waals surface area contributed by atoms with Crippen LogP contribution >= 0.6 is 0 Å². The summed E-state index contributed by atoms with van der Waals surface area (Å²) in [6.07, 6.45) is 1.31. The third-order valence-electron chi connectivity index (χ3n) is 2.32. The van der Waals surface area contributed by atoms with Crippen LogP contribution in [0.15, 0.2) is 30.6 Å². The Morgan fingerprint density at radius 2 is 1.85 bits per heavy atom. The molecule has 0 saturated heterocycles. The summed E-state index contributed by atoms with van der Waals surface area (Å²) >= 11 is 0. The minimum atomic E-state index is -0.468. The SMILES string of the molecule is O=C(Cc1ccc(F)cc1)NNC(=O)Cn1cnnn1. The first kappa shape index (κ1) is 13.6. The van der Waals surface area contributed by atoms with Crippen molar-refractivity contribution in [3.63, 3.8) is 0 Å². The molecule has 2 rings (SSSR count). The molecule has 9 heteroatoms. The Labute approximate surface area is 112 Å². The largest absolute Gasteiger partial charge is 0.273 e. The van der Waals surface area contributed by atoms with E-state index in [4.69, 9.17) is 0 Å².